The predicted octanol–water partition coefficient (Wildman–Crippen LogP) is 1.76. The van der Waals surface area contributed by atoms with E-state index >= 15 is 0 Å². The van der Waals surface area contributed by atoms with Crippen molar-refractivity contribution in [3.8, 4) is 0 Å². The number of hydrogen-bond donors (Lipinski definition) is 1. The molecule has 2 aromatic rings. The van der Waals surface area contributed by atoms with Crippen LogP contribution in [0.15, 0.2) is 30.6 Å². The molecule has 1 aromatic carbocycles. The zero-order valence-electron chi connectivity index (χ0n) is 15.5. The standard InChI is InChI=1S/C20H25N3O4/c1-27-20(26)7-6-19(25)22-10-13-8-17(18(24)9-14(13)11-22)23-12-21-15-4-2-3-5-16(15)23/h2-5,12-14,17-18,24H,6-11H2,1H3/t13-,14+,17-,18-/m1/s1. The summed E-state index contributed by atoms with van der Waals surface area (Å²) in [7, 11) is 1.33. The molecule has 2 heterocycles. The number of likely N-dealkylation sites (tertiary alicyclic amines) is 1. The largest absolute Gasteiger partial charge is 0.469 e. The van der Waals surface area contributed by atoms with Gasteiger partial charge in [0, 0.05) is 19.5 Å². The Morgan fingerprint density at radius 1 is 1.19 bits per heavy atom. The number of imidazole rings is 1. The van der Waals surface area contributed by atoms with Crippen LogP contribution >= 0.6 is 0 Å². The van der Waals surface area contributed by atoms with E-state index < -0.39 is 6.10 Å². The molecule has 1 N–H and O–H groups in total. The lowest BCUT2D eigenvalue weighted by atomic mass is 9.77. The number of aliphatic hydroxyl groups excluding tert-OH is 1. The molecule has 7 nitrogen and oxygen atoms in total. The van der Waals surface area contributed by atoms with E-state index in [0.717, 1.165) is 17.5 Å². The molecule has 1 amide bonds. The molecule has 2 aliphatic rings. The first-order valence-electron chi connectivity index (χ1n) is 9.51. The predicted molar refractivity (Wildman–Crippen MR) is 98.8 cm³/mol. The highest BCUT2D eigenvalue weighted by atomic mass is 16.5. The van der Waals surface area contributed by atoms with E-state index in [0.29, 0.717) is 31.3 Å². The number of carbonyl (C=O) groups excluding carboxylic acids is 2. The van der Waals surface area contributed by atoms with Gasteiger partial charge in [-0.1, -0.05) is 12.1 Å². The minimum atomic E-state index is -0.450. The summed E-state index contributed by atoms with van der Waals surface area (Å²) >= 11 is 0. The van der Waals surface area contributed by atoms with Gasteiger partial charge in [0.25, 0.3) is 0 Å². The first-order valence-corrected chi connectivity index (χ1v) is 9.51. The highest BCUT2D eigenvalue weighted by molar-refractivity contribution is 5.81. The highest BCUT2D eigenvalue weighted by Gasteiger charge is 2.43. The molecule has 1 aliphatic carbocycles. The Bertz CT molecular complexity index is 849. The van der Waals surface area contributed by atoms with Gasteiger partial charge in [0.15, 0.2) is 0 Å². The number of esters is 1. The van der Waals surface area contributed by atoms with Crippen LogP contribution in [-0.4, -0.2) is 57.7 Å². The number of hydrogen-bond acceptors (Lipinski definition) is 5. The van der Waals surface area contributed by atoms with Crippen molar-refractivity contribution in [1.29, 1.82) is 0 Å². The molecule has 0 unspecified atom stereocenters. The van der Waals surface area contributed by atoms with Crippen LogP contribution in [-0.2, 0) is 14.3 Å². The number of methoxy groups -OCH3 is 1. The summed E-state index contributed by atoms with van der Waals surface area (Å²) in [6.45, 7) is 1.36. The van der Waals surface area contributed by atoms with Crippen LogP contribution in [0.1, 0.15) is 31.7 Å². The highest BCUT2D eigenvalue weighted by Crippen LogP contribution is 2.42. The smallest absolute Gasteiger partial charge is 0.306 e. The van der Waals surface area contributed by atoms with Crippen molar-refractivity contribution >= 4 is 22.9 Å². The summed E-state index contributed by atoms with van der Waals surface area (Å²) in [5.74, 6) is 0.311. The van der Waals surface area contributed by atoms with Gasteiger partial charge < -0.3 is 19.3 Å². The fraction of sp³-hybridized carbons (Fsp3) is 0.550. The molecule has 0 radical (unpaired) electrons. The zero-order valence-corrected chi connectivity index (χ0v) is 15.5. The maximum absolute atomic E-state index is 12.4. The van der Waals surface area contributed by atoms with Crippen molar-refractivity contribution in [2.75, 3.05) is 20.2 Å². The minimum Gasteiger partial charge on any atom is -0.469 e. The lowest BCUT2D eigenvalue weighted by Crippen LogP contribution is -2.36. The van der Waals surface area contributed by atoms with E-state index in [1.54, 1.807) is 0 Å². The van der Waals surface area contributed by atoms with Crippen molar-refractivity contribution in [2.45, 2.75) is 37.8 Å². The first kappa shape index (κ1) is 18.0. The topological polar surface area (TPSA) is 84.7 Å². The molecule has 1 aromatic heterocycles. The van der Waals surface area contributed by atoms with Crippen molar-refractivity contribution in [3.05, 3.63) is 30.6 Å². The molecule has 1 saturated carbocycles. The molecule has 7 heteroatoms. The van der Waals surface area contributed by atoms with Crippen molar-refractivity contribution in [3.63, 3.8) is 0 Å². The summed E-state index contributed by atoms with van der Waals surface area (Å²) < 4.78 is 6.69. The van der Waals surface area contributed by atoms with Crippen molar-refractivity contribution < 1.29 is 19.4 Å². The van der Waals surface area contributed by atoms with E-state index in [9.17, 15) is 14.7 Å². The number of rotatable bonds is 4. The van der Waals surface area contributed by atoms with Crippen LogP contribution in [0, 0.1) is 11.8 Å². The Morgan fingerprint density at radius 2 is 1.93 bits per heavy atom. The summed E-state index contributed by atoms with van der Waals surface area (Å²) in [6.07, 6.45) is 3.18. The monoisotopic (exact) mass is 371 g/mol. The van der Waals surface area contributed by atoms with E-state index in [-0.39, 0.29) is 30.8 Å². The molecule has 144 valence electrons. The van der Waals surface area contributed by atoms with Gasteiger partial charge in [-0.3, -0.25) is 9.59 Å². The van der Waals surface area contributed by atoms with Gasteiger partial charge in [0.2, 0.25) is 5.91 Å². The van der Waals surface area contributed by atoms with Gasteiger partial charge in [0.05, 0.1) is 43.0 Å². The van der Waals surface area contributed by atoms with Crippen LogP contribution in [0.5, 0.6) is 0 Å². The van der Waals surface area contributed by atoms with Crippen molar-refractivity contribution in [1.82, 2.24) is 14.5 Å². The van der Waals surface area contributed by atoms with Gasteiger partial charge in [-0.05, 0) is 36.8 Å². The maximum Gasteiger partial charge on any atom is 0.306 e. The number of aromatic nitrogens is 2. The average molecular weight is 371 g/mol. The lowest BCUT2D eigenvalue weighted by molar-refractivity contribution is -0.143. The quantitative estimate of drug-likeness (QED) is 0.828. The molecular weight excluding hydrogens is 346 g/mol. The zero-order chi connectivity index (χ0) is 19.0. The third kappa shape index (κ3) is 3.43. The van der Waals surface area contributed by atoms with Gasteiger partial charge in [-0.2, -0.15) is 0 Å². The van der Waals surface area contributed by atoms with Gasteiger partial charge in [-0.15, -0.1) is 0 Å². The van der Waals surface area contributed by atoms with Crippen LogP contribution in [0.3, 0.4) is 0 Å². The van der Waals surface area contributed by atoms with E-state index in [2.05, 4.69) is 14.3 Å². The fourth-order valence-corrected chi connectivity index (χ4v) is 4.62. The maximum atomic E-state index is 12.4. The number of amides is 1. The molecular formula is C20H25N3O4. The Morgan fingerprint density at radius 3 is 2.70 bits per heavy atom. The fourth-order valence-electron chi connectivity index (χ4n) is 4.62. The summed E-state index contributed by atoms with van der Waals surface area (Å²) in [6, 6.07) is 7.92. The molecule has 4 rings (SSSR count). The van der Waals surface area contributed by atoms with Crippen molar-refractivity contribution in [2.24, 2.45) is 11.8 Å². The second-order valence-corrected chi connectivity index (χ2v) is 7.64. The van der Waals surface area contributed by atoms with Crippen LogP contribution in [0.2, 0.25) is 0 Å². The molecule has 0 spiro atoms. The SMILES string of the molecule is COC(=O)CCC(=O)N1C[C@H]2C[C@@H](n3cnc4ccccc43)[C@H](O)C[C@H]2C1. The summed E-state index contributed by atoms with van der Waals surface area (Å²) in [5, 5.41) is 10.8. The minimum absolute atomic E-state index is 0.00563. The third-order valence-corrected chi connectivity index (χ3v) is 6.07. The summed E-state index contributed by atoms with van der Waals surface area (Å²) in [4.78, 5) is 30.0. The number of carbonyl (C=O) groups is 2. The normalized spacial score (nSPS) is 27.6. The van der Waals surface area contributed by atoms with Gasteiger partial charge in [-0.25, -0.2) is 4.98 Å². The number of fused-ring (bicyclic) bond motifs is 2. The average Bonchev–Trinajstić information content (AvgIpc) is 3.28. The Labute approximate surface area is 157 Å². The number of ether oxygens (including phenoxy) is 1. The molecule has 2 fully saturated rings. The Balaban J connectivity index is 1.45. The number of nitrogens with zero attached hydrogens (tertiary/aromatic N) is 3. The summed E-state index contributed by atoms with van der Waals surface area (Å²) in [5.41, 5.74) is 1.96. The van der Waals surface area contributed by atoms with E-state index in [1.807, 2.05) is 35.5 Å². The van der Waals surface area contributed by atoms with Crippen LogP contribution < -0.4 is 0 Å². The molecule has 1 aliphatic heterocycles. The number of para-hydroxylation sites is 2. The third-order valence-electron chi connectivity index (χ3n) is 6.07. The first-order chi connectivity index (χ1) is 13.1. The van der Waals surface area contributed by atoms with E-state index in [4.69, 9.17) is 0 Å². The van der Waals surface area contributed by atoms with Crippen LogP contribution in [0.4, 0.5) is 0 Å². The second kappa shape index (κ2) is 7.31. The van der Waals surface area contributed by atoms with Gasteiger partial charge in [0.1, 0.15) is 0 Å². The Hall–Kier alpha value is -2.41. The molecule has 4 atom stereocenters. The molecule has 1 saturated heterocycles. The Kier molecular flexibility index (Phi) is 4.86. The molecule has 0 bridgehead atoms. The number of aliphatic hydroxyl groups is 1. The van der Waals surface area contributed by atoms with Crippen LogP contribution in [0.25, 0.3) is 11.0 Å². The number of benzene rings is 1. The molecule has 27 heavy (non-hydrogen) atoms. The lowest BCUT2D eigenvalue weighted by Gasteiger charge is -2.36. The van der Waals surface area contributed by atoms with Gasteiger partial charge >= 0.3 is 5.97 Å². The van der Waals surface area contributed by atoms with E-state index in [1.165, 1.54) is 7.11 Å². The second-order valence-electron chi connectivity index (χ2n) is 7.64.